The summed E-state index contributed by atoms with van der Waals surface area (Å²) in [6.07, 6.45) is -0.213. The summed E-state index contributed by atoms with van der Waals surface area (Å²) < 4.78 is 10.9. The van der Waals surface area contributed by atoms with E-state index in [1.807, 2.05) is 0 Å². The molecule has 0 radical (unpaired) electrons. The van der Waals surface area contributed by atoms with Crippen molar-refractivity contribution in [2.24, 2.45) is 0 Å². The van der Waals surface area contributed by atoms with E-state index in [2.05, 4.69) is 0 Å². The highest BCUT2D eigenvalue weighted by Crippen LogP contribution is 2.36. The van der Waals surface area contributed by atoms with Gasteiger partial charge in [-0.15, -0.1) is 11.3 Å². The van der Waals surface area contributed by atoms with Crippen molar-refractivity contribution in [1.82, 2.24) is 4.90 Å². The van der Waals surface area contributed by atoms with Crippen LogP contribution in [0.4, 0.5) is 5.00 Å². The van der Waals surface area contributed by atoms with Crippen LogP contribution < -0.4 is 10.5 Å². The molecular formula is C18H16N2O6S. The van der Waals surface area contributed by atoms with E-state index in [-0.39, 0.29) is 30.1 Å². The molecule has 2 aliphatic rings. The van der Waals surface area contributed by atoms with Gasteiger partial charge in [0.2, 0.25) is 0 Å². The zero-order valence-corrected chi connectivity index (χ0v) is 15.2. The molecule has 1 unspecified atom stereocenters. The topological polar surface area (TPSA) is 119 Å². The van der Waals surface area contributed by atoms with Crippen LogP contribution in [-0.4, -0.2) is 47.5 Å². The molecular weight excluding hydrogens is 372 g/mol. The van der Waals surface area contributed by atoms with Crippen LogP contribution in [0.15, 0.2) is 18.2 Å². The first-order valence-electron chi connectivity index (χ1n) is 8.19. The number of imide groups is 1. The third-order valence-electron chi connectivity index (χ3n) is 4.78. The van der Waals surface area contributed by atoms with E-state index in [4.69, 9.17) is 15.2 Å². The van der Waals surface area contributed by atoms with Crippen molar-refractivity contribution in [1.29, 1.82) is 0 Å². The highest BCUT2D eigenvalue weighted by Gasteiger charge is 2.38. The van der Waals surface area contributed by atoms with Gasteiger partial charge in [0.15, 0.2) is 0 Å². The fraction of sp³-hybridized carbons (Fsp3) is 0.278. The summed E-state index contributed by atoms with van der Waals surface area (Å²) in [5.74, 6) is -1.39. The normalized spacial score (nSPS) is 18.4. The van der Waals surface area contributed by atoms with Gasteiger partial charge in [-0.2, -0.15) is 0 Å². The number of thiophene rings is 1. The lowest BCUT2D eigenvalue weighted by Crippen LogP contribution is -2.40. The summed E-state index contributed by atoms with van der Waals surface area (Å²) >= 11 is 1.20. The fourth-order valence-electron chi connectivity index (χ4n) is 3.46. The first-order chi connectivity index (χ1) is 12.9. The maximum absolute atomic E-state index is 12.7. The number of methoxy groups -OCH3 is 1. The number of carbonyl (C=O) groups excluding carboxylic acids is 2. The molecule has 0 fully saturated rings. The Morgan fingerprint density at radius 3 is 2.81 bits per heavy atom. The van der Waals surface area contributed by atoms with Crippen LogP contribution >= 0.6 is 11.3 Å². The Bertz CT molecular complexity index is 982. The molecule has 140 valence electrons. The first kappa shape index (κ1) is 17.5. The fourth-order valence-corrected chi connectivity index (χ4v) is 4.48. The van der Waals surface area contributed by atoms with Gasteiger partial charge in [0.05, 0.1) is 43.1 Å². The molecule has 0 saturated heterocycles. The smallest absolute Gasteiger partial charge is 0.338 e. The third-order valence-corrected chi connectivity index (χ3v) is 5.81. The van der Waals surface area contributed by atoms with Crippen molar-refractivity contribution in [2.75, 3.05) is 19.4 Å². The lowest BCUT2D eigenvalue weighted by Gasteiger charge is -2.26. The van der Waals surface area contributed by atoms with Crippen molar-refractivity contribution in [2.45, 2.75) is 19.1 Å². The largest absolute Gasteiger partial charge is 0.497 e. The summed E-state index contributed by atoms with van der Waals surface area (Å²) in [6, 6.07) is 4.73. The van der Waals surface area contributed by atoms with E-state index >= 15 is 0 Å². The third kappa shape index (κ3) is 2.75. The maximum atomic E-state index is 12.7. The molecule has 1 aromatic heterocycles. The molecule has 0 bridgehead atoms. The summed E-state index contributed by atoms with van der Waals surface area (Å²) in [6.45, 7) is 0.252. The minimum Gasteiger partial charge on any atom is -0.497 e. The van der Waals surface area contributed by atoms with Crippen LogP contribution in [0.5, 0.6) is 5.75 Å². The second kappa shape index (κ2) is 6.36. The molecule has 2 amide bonds. The van der Waals surface area contributed by atoms with Gasteiger partial charge in [-0.3, -0.25) is 14.5 Å². The van der Waals surface area contributed by atoms with Crippen LogP contribution in [0, 0.1) is 0 Å². The molecule has 0 spiro atoms. The lowest BCUT2D eigenvalue weighted by atomic mass is 10.0. The number of nitrogen functional groups attached to an aromatic ring is 1. The van der Waals surface area contributed by atoms with Gasteiger partial charge in [-0.05, 0) is 23.8 Å². The van der Waals surface area contributed by atoms with E-state index in [1.54, 1.807) is 12.1 Å². The summed E-state index contributed by atoms with van der Waals surface area (Å²) in [7, 11) is 1.49. The molecule has 4 rings (SSSR count). The van der Waals surface area contributed by atoms with Crippen LogP contribution in [0.2, 0.25) is 0 Å². The number of fused-ring (bicyclic) bond motifs is 2. The lowest BCUT2D eigenvalue weighted by molar-refractivity contribution is 0.00932. The number of carboxylic acids is 1. The minimum atomic E-state index is -1.08. The Morgan fingerprint density at radius 1 is 1.37 bits per heavy atom. The van der Waals surface area contributed by atoms with Crippen LogP contribution in [0.1, 0.15) is 41.5 Å². The number of benzene rings is 1. The molecule has 2 aliphatic heterocycles. The maximum Gasteiger partial charge on any atom is 0.338 e. The molecule has 0 aliphatic carbocycles. The van der Waals surface area contributed by atoms with Gasteiger partial charge in [-0.1, -0.05) is 0 Å². The van der Waals surface area contributed by atoms with Crippen molar-refractivity contribution in [3.05, 3.63) is 45.3 Å². The number of amides is 2. The molecule has 1 aromatic carbocycles. The molecule has 3 heterocycles. The highest BCUT2D eigenvalue weighted by atomic mass is 32.1. The molecule has 0 saturated carbocycles. The van der Waals surface area contributed by atoms with E-state index < -0.39 is 23.9 Å². The Kier molecular flexibility index (Phi) is 4.12. The van der Waals surface area contributed by atoms with Gasteiger partial charge in [0, 0.05) is 11.3 Å². The summed E-state index contributed by atoms with van der Waals surface area (Å²) in [4.78, 5) is 38.6. The van der Waals surface area contributed by atoms with Crippen LogP contribution in [-0.2, 0) is 17.8 Å². The number of nitrogens with zero attached hydrogens (tertiary/aromatic N) is 1. The number of nitrogens with two attached hydrogens (primary N) is 1. The highest BCUT2D eigenvalue weighted by molar-refractivity contribution is 7.16. The van der Waals surface area contributed by atoms with E-state index in [9.17, 15) is 19.5 Å². The number of hydrogen-bond donors (Lipinski definition) is 2. The predicted molar refractivity (Wildman–Crippen MR) is 96.3 cm³/mol. The monoisotopic (exact) mass is 388 g/mol. The Balaban J connectivity index is 1.57. The average Bonchev–Trinajstić information content (AvgIpc) is 3.10. The van der Waals surface area contributed by atoms with Gasteiger partial charge in [0.25, 0.3) is 11.8 Å². The molecule has 1 atom stereocenters. The zero-order valence-electron chi connectivity index (χ0n) is 14.4. The molecule has 9 heteroatoms. The summed E-state index contributed by atoms with van der Waals surface area (Å²) in [5, 5.41) is 9.63. The second-order valence-corrected chi connectivity index (χ2v) is 7.45. The standard InChI is InChI=1S/C18H16N2O6S/c1-25-8-2-3-10-11(4-8)17(22)20(16(10)21)6-9-5-12-13(7-26-9)27-15(19)14(12)18(23)24/h2-4,9H,5-7,19H2,1H3,(H,23,24). The van der Waals surface area contributed by atoms with Crippen molar-refractivity contribution < 1.29 is 29.0 Å². The first-order valence-corrected chi connectivity index (χ1v) is 9.01. The zero-order chi connectivity index (χ0) is 19.3. The number of ether oxygens (including phenoxy) is 2. The summed E-state index contributed by atoms with van der Waals surface area (Å²) in [5.41, 5.74) is 7.15. The molecule has 8 nitrogen and oxygen atoms in total. The second-order valence-electron chi connectivity index (χ2n) is 6.32. The van der Waals surface area contributed by atoms with E-state index in [1.165, 1.54) is 24.5 Å². The van der Waals surface area contributed by atoms with Crippen molar-refractivity contribution in [3.8, 4) is 5.75 Å². The quantitative estimate of drug-likeness (QED) is 0.766. The number of hydrogen-bond acceptors (Lipinski definition) is 7. The number of rotatable bonds is 4. The van der Waals surface area contributed by atoms with Crippen molar-refractivity contribution >= 4 is 34.1 Å². The number of aromatic carboxylic acids is 1. The Morgan fingerprint density at radius 2 is 2.11 bits per heavy atom. The number of carboxylic acid groups (broad SMARTS) is 1. The number of anilines is 1. The van der Waals surface area contributed by atoms with Crippen LogP contribution in [0.25, 0.3) is 0 Å². The van der Waals surface area contributed by atoms with Gasteiger partial charge in [-0.25, -0.2) is 4.79 Å². The van der Waals surface area contributed by atoms with E-state index in [0.717, 1.165) is 9.78 Å². The Hall–Kier alpha value is -2.91. The average molecular weight is 388 g/mol. The van der Waals surface area contributed by atoms with E-state index in [0.29, 0.717) is 22.4 Å². The minimum absolute atomic E-state index is 0.0446. The Labute approximate surface area is 158 Å². The van der Waals surface area contributed by atoms with Gasteiger partial charge in [0.1, 0.15) is 10.8 Å². The van der Waals surface area contributed by atoms with Crippen molar-refractivity contribution in [3.63, 3.8) is 0 Å². The van der Waals surface area contributed by atoms with Gasteiger partial charge >= 0.3 is 5.97 Å². The number of carbonyl (C=O) groups is 3. The molecule has 27 heavy (non-hydrogen) atoms. The SMILES string of the molecule is COc1ccc2c(c1)C(=O)N(CC1Cc3c(sc(N)c3C(=O)O)CO1)C2=O. The van der Waals surface area contributed by atoms with Crippen LogP contribution in [0.3, 0.4) is 0 Å². The molecule has 2 aromatic rings. The molecule has 3 N–H and O–H groups in total. The van der Waals surface area contributed by atoms with Gasteiger partial charge < -0.3 is 20.3 Å². The predicted octanol–water partition coefficient (Wildman–Crippen LogP) is 1.77.